The van der Waals surface area contributed by atoms with E-state index in [0.717, 1.165) is 61.0 Å². The second-order valence-electron chi connectivity index (χ2n) is 16.0. The smallest absolute Gasteiger partial charge is 0.143 e. The van der Waals surface area contributed by atoms with E-state index in [4.69, 9.17) is 4.42 Å². The monoisotopic (exact) mass is 808 g/mol. The van der Waals surface area contributed by atoms with Gasteiger partial charge in [-0.15, -0.1) is 11.3 Å². The van der Waals surface area contributed by atoms with Crippen molar-refractivity contribution in [2.75, 3.05) is 4.90 Å². The number of anilines is 3. The third-order valence-corrected chi connectivity index (χ3v) is 13.7. The highest BCUT2D eigenvalue weighted by Crippen LogP contribution is 2.47. The van der Waals surface area contributed by atoms with Gasteiger partial charge in [-0.1, -0.05) is 140 Å². The first-order valence-electron chi connectivity index (χ1n) is 21.1. The Morgan fingerprint density at radius 1 is 0.403 bits per heavy atom. The number of para-hydroxylation sites is 2. The summed E-state index contributed by atoms with van der Waals surface area (Å²) in [6.45, 7) is 0. The molecule has 0 saturated heterocycles. The number of rotatable bonds is 6. The van der Waals surface area contributed by atoms with E-state index in [0.29, 0.717) is 0 Å². The summed E-state index contributed by atoms with van der Waals surface area (Å²) in [5.74, 6) is 0. The minimum absolute atomic E-state index is 0.860. The van der Waals surface area contributed by atoms with Crippen molar-refractivity contribution in [3.05, 3.63) is 218 Å². The number of furan rings is 1. The topological polar surface area (TPSA) is 21.3 Å². The Morgan fingerprint density at radius 3 is 1.85 bits per heavy atom. The Hall–Kier alpha value is -7.92. The fraction of sp³-hybridized carbons (Fsp3) is 0. The second kappa shape index (κ2) is 13.8. The normalized spacial score (nSPS) is 11.9. The summed E-state index contributed by atoms with van der Waals surface area (Å²) in [5.41, 5.74) is 13.2. The van der Waals surface area contributed by atoms with E-state index in [2.05, 4.69) is 228 Å². The molecule has 0 aliphatic heterocycles. The number of fused-ring (bicyclic) bond motifs is 11. The van der Waals surface area contributed by atoms with Crippen molar-refractivity contribution >= 4 is 103 Å². The first kappa shape index (κ1) is 34.9. The molecule has 62 heavy (non-hydrogen) atoms. The van der Waals surface area contributed by atoms with E-state index < -0.39 is 0 Å². The summed E-state index contributed by atoms with van der Waals surface area (Å²) in [6.07, 6.45) is 0. The summed E-state index contributed by atoms with van der Waals surface area (Å²) in [5, 5.41) is 9.52. The van der Waals surface area contributed by atoms with Crippen molar-refractivity contribution in [3.63, 3.8) is 0 Å². The van der Waals surface area contributed by atoms with Crippen LogP contribution in [0.2, 0.25) is 0 Å². The lowest BCUT2D eigenvalue weighted by molar-refractivity contribution is 0.672. The molecule has 3 aromatic heterocycles. The molecule has 290 valence electrons. The molecule has 10 aromatic carbocycles. The number of nitrogens with zero attached hydrogens (tertiary/aromatic N) is 2. The van der Waals surface area contributed by atoms with Crippen LogP contribution in [0.1, 0.15) is 0 Å². The lowest BCUT2D eigenvalue weighted by Gasteiger charge is -2.27. The van der Waals surface area contributed by atoms with Gasteiger partial charge in [-0.05, 0) is 107 Å². The van der Waals surface area contributed by atoms with Crippen LogP contribution in [0.25, 0.3) is 103 Å². The van der Waals surface area contributed by atoms with Gasteiger partial charge < -0.3 is 13.9 Å². The van der Waals surface area contributed by atoms with Gasteiger partial charge >= 0.3 is 0 Å². The van der Waals surface area contributed by atoms with Crippen molar-refractivity contribution in [3.8, 4) is 27.9 Å². The summed E-state index contributed by atoms with van der Waals surface area (Å²) in [4.78, 5) is 2.43. The molecule has 0 radical (unpaired) electrons. The highest BCUT2D eigenvalue weighted by molar-refractivity contribution is 7.25. The van der Waals surface area contributed by atoms with Gasteiger partial charge in [0.15, 0.2) is 0 Å². The number of benzene rings is 10. The van der Waals surface area contributed by atoms with E-state index in [-0.39, 0.29) is 0 Å². The van der Waals surface area contributed by atoms with Gasteiger partial charge in [-0.25, -0.2) is 0 Å². The van der Waals surface area contributed by atoms with Crippen molar-refractivity contribution in [2.24, 2.45) is 0 Å². The quantitative estimate of drug-likeness (QED) is 0.167. The minimum atomic E-state index is 0.860. The Bertz CT molecular complexity index is 3890. The molecule has 0 aliphatic rings. The molecule has 3 nitrogen and oxygen atoms in total. The Labute approximate surface area is 361 Å². The Balaban J connectivity index is 1.06. The summed E-state index contributed by atoms with van der Waals surface area (Å²) in [7, 11) is 0. The number of thiophene rings is 1. The SMILES string of the molecule is c1ccc(-n2c3ccccc3c3c(-c4cccc(N(c5cccc(-c6cccc7sc8ccccc8c67)c5)c5cccc6oc7c8ccccc8ccc7c56)c4)cccc32)cc1. The third kappa shape index (κ3) is 5.30. The van der Waals surface area contributed by atoms with Gasteiger partial charge in [0.2, 0.25) is 0 Å². The van der Waals surface area contributed by atoms with Crippen LogP contribution in [0.4, 0.5) is 17.1 Å². The summed E-state index contributed by atoms with van der Waals surface area (Å²) in [6, 6.07) is 79.2. The highest BCUT2D eigenvalue weighted by atomic mass is 32.1. The Morgan fingerprint density at radius 2 is 1.03 bits per heavy atom. The molecule has 0 unspecified atom stereocenters. The number of aromatic nitrogens is 1. The van der Waals surface area contributed by atoms with Crippen LogP contribution in [0.15, 0.2) is 223 Å². The number of hydrogen-bond donors (Lipinski definition) is 0. The molecule has 0 amide bonds. The van der Waals surface area contributed by atoms with Gasteiger partial charge in [0.05, 0.1) is 22.1 Å². The molecule has 3 heterocycles. The maximum Gasteiger partial charge on any atom is 0.143 e. The molecule has 0 saturated carbocycles. The number of hydrogen-bond acceptors (Lipinski definition) is 3. The zero-order valence-corrected chi connectivity index (χ0v) is 34.3. The van der Waals surface area contributed by atoms with Crippen LogP contribution < -0.4 is 4.90 Å². The average molecular weight is 809 g/mol. The standard InChI is InChI=1S/C58H36N2OS/c1-2-18-40(19-3-1)60-49-27-8-6-23-46(49)55-43(25-12-28-50(55)60)38-16-10-20-41(35-38)59(51-29-14-30-52-57(51)48-34-33-37-15-4-5-22-45(37)58(48)61-52)42-21-11-17-39(36-42)44-26-13-32-54-56(44)47-24-7-9-31-53(47)62-54/h1-36H. The summed E-state index contributed by atoms with van der Waals surface area (Å²) < 4.78 is 11.8. The third-order valence-electron chi connectivity index (χ3n) is 12.6. The molecule has 0 atom stereocenters. The fourth-order valence-electron chi connectivity index (χ4n) is 9.90. The maximum absolute atomic E-state index is 6.79. The van der Waals surface area contributed by atoms with Crippen molar-refractivity contribution in [1.29, 1.82) is 0 Å². The predicted octanol–water partition coefficient (Wildman–Crippen LogP) is 17.0. The molecular formula is C58H36N2OS. The van der Waals surface area contributed by atoms with Crippen molar-refractivity contribution in [1.82, 2.24) is 4.57 Å². The van der Waals surface area contributed by atoms with Gasteiger partial charge in [-0.3, -0.25) is 0 Å². The van der Waals surface area contributed by atoms with E-state index in [1.807, 2.05) is 11.3 Å². The van der Waals surface area contributed by atoms with Crippen LogP contribution in [-0.4, -0.2) is 4.57 Å². The van der Waals surface area contributed by atoms with Crippen molar-refractivity contribution in [2.45, 2.75) is 0 Å². The molecule has 0 spiro atoms. The largest absolute Gasteiger partial charge is 0.455 e. The lowest BCUT2D eigenvalue weighted by atomic mass is 9.97. The van der Waals surface area contributed by atoms with Gasteiger partial charge in [0.1, 0.15) is 11.2 Å². The van der Waals surface area contributed by atoms with Crippen LogP contribution in [-0.2, 0) is 0 Å². The molecule has 0 bridgehead atoms. The van der Waals surface area contributed by atoms with Gasteiger partial charge in [0, 0.05) is 58.8 Å². The van der Waals surface area contributed by atoms with Gasteiger partial charge in [0.25, 0.3) is 0 Å². The molecule has 0 fully saturated rings. The Kier molecular flexibility index (Phi) is 7.78. The van der Waals surface area contributed by atoms with Gasteiger partial charge in [-0.2, -0.15) is 0 Å². The summed E-state index contributed by atoms with van der Waals surface area (Å²) >= 11 is 1.86. The van der Waals surface area contributed by atoms with E-state index in [1.54, 1.807) is 0 Å². The fourth-order valence-corrected chi connectivity index (χ4v) is 11.0. The van der Waals surface area contributed by atoms with E-state index in [1.165, 1.54) is 58.7 Å². The molecule has 13 rings (SSSR count). The zero-order chi connectivity index (χ0) is 40.7. The lowest BCUT2D eigenvalue weighted by Crippen LogP contribution is -2.10. The molecule has 0 N–H and O–H groups in total. The van der Waals surface area contributed by atoms with E-state index in [9.17, 15) is 0 Å². The van der Waals surface area contributed by atoms with Crippen LogP contribution >= 0.6 is 11.3 Å². The molecule has 13 aromatic rings. The van der Waals surface area contributed by atoms with Crippen LogP contribution in [0.5, 0.6) is 0 Å². The van der Waals surface area contributed by atoms with Crippen LogP contribution in [0, 0.1) is 0 Å². The first-order valence-corrected chi connectivity index (χ1v) is 21.9. The minimum Gasteiger partial charge on any atom is -0.455 e. The highest BCUT2D eigenvalue weighted by Gasteiger charge is 2.23. The second-order valence-corrected chi connectivity index (χ2v) is 17.1. The molecule has 4 heteroatoms. The van der Waals surface area contributed by atoms with Crippen LogP contribution in [0.3, 0.4) is 0 Å². The first-order chi connectivity index (χ1) is 30.8. The average Bonchev–Trinajstić information content (AvgIpc) is 4.02. The zero-order valence-electron chi connectivity index (χ0n) is 33.5. The molecule has 0 aliphatic carbocycles. The van der Waals surface area contributed by atoms with E-state index >= 15 is 0 Å². The molecular weight excluding hydrogens is 773 g/mol. The predicted molar refractivity (Wildman–Crippen MR) is 264 cm³/mol. The van der Waals surface area contributed by atoms with Crippen molar-refractivity contribution < 1.29 is 4.42 Å². The maximum atomic E-state index is 6.79.